The van der Waals surface area contributed by atoms with Crippen LogP contribution in [0, 0.1) is 30.0 Å². The Bertz CT molecular complexity index is 810. The maximum absolute atomic E-state index is 13.9. The molecule has 3 heterocycles. The Morgan fingerprint density at radius 3 is 2.84 bits per heavy atom. The number of hydrogen-bond acceptors (Lipinski definition) is 4. The average Bonchev–Trinajstić information content (AvgIpc) is 3.20. The van der Waals surface area contributed by atoms with E-state index >= 15 is 0 Å². The predicted octanol–water partition coefficient (Wildman–Crippen LogP) is 4.17. The lowest BCUT2D eigenvalue weighted by molar-refractivity contribution is 0.169. The lowest BCUT2D eigenvalue weighted by atomic mass is 9.92. The number of nitrogens with zero attached hydrogens (tertiary/aromatic N) is 3. The summed E-state index contributed by atoms with van der Waals surface area (Å²) in [7, 11) is 0. The van der Waals surface area contributed by atoms with E-state index in [1.54, 1.807) is 6.07 Å². The van der Waals surface area contributed by atoms with Crippen LogP contribution in [0.2, 0.25) is 0 Å². The number of nitriles is 1. The van der Waals surface area contributed by atoms with E-state index in [4.69, 9.17) is 5.26 Å². The summed E-state index contributed by atoms with van der Waals surface area (Å²) in [6.07, 6.45) is 2.36. The van der Waals surface area contributed by atoms with E-state index in [2.05, 4.69) is 34.9 Å². The fraction of sp³-hybridized carbons (Fsp3) is 0.450. The Kier molecular flexibility index (Phi) is 4.49. The van der Waals surface area contributed by atoms with Crippen LogP contribution in [-0.2, 0) is 6.54 Å². The van der Waals surface area contributed by atoms with Crippen LogP contribution in [0.1, 0.15) is 28.2 Å². The molecule has 4 rings (SSSR count). The zero-order valence-corrected chi connectivity index (χ0v) is 15.2. The summed E-state index contributed by atoms with van der Waals surface area (Å²) in [5.41, 5.74) is 1.26. The third kappa shape index (κ3) is 3.42. The van der Waals surface area contributed by atoms with Gasteiger partial charge in [0.25, 0.3) is 0 Å². The molecule has 2 atom stereocenters. The predicted molar refractivity (Wildman–Crippen MR) is 99.3 cm³/mol. The first-order valence-electron chi connectivity index (χ1n) is 8.87. The quantitative estimate of drug-likeness (QED) is 0.828. The molecule has 0 saturated carbocycles. The normalized spacial score (nSPS) is 23.5. The van der Waals surface area contributed by atoms with Gasteiger partial charge in [-0.05, 0) is 62.6 Å². The molecule has 1 aromatic heterocycles. The van der Waals surface area contributed by atoms with Crippen LogP contribution in [0.4, 0.5) is 10.1 Å². The molecule has 0 spiro atoms. The highest BCUT2D eigenvalue weighted by molar-refractivity contribution is 7.11. The molecule has 0 aliphatic carbocycles. The number of fused-ring (bicyclic) bond motifs is 1. The highest BCUT2D eigenvalue weighted by atomic mass is 32.1. The van der Waals surface area contributed by atoms with Crippen molar-refractivity contribution in [1.29, 1.82) is 5.26 Å². The summed E-state index contributed by atoms with van der Waals surface area (Å²) >= 11 is 1.87. The van der Waals surface area contributed by atoms with Crippen LogP contribution >= 0.6 is 11.3 Å². The van der Waals surface area contributed by atoms with E-state index < -0.39 is 0 Å². The molecule has 0 bridgehead atoms. The number of benzene rings is 1. The van der Waals surface area contributed by atoms with Gasteiger partial charge in [-0.3, -0.25) is 4.90 Å². The molecule has 2 aliphatic heterocycles. The van der Waals surface area contributed by atoms with Crippen molar-refractivity contribution < 1.29 is 4.39 Å². The maximum Gasteiger partial charge on any atom is 0.126 e. The summed E-state index contributed by atoms with van der Waals surface area (Å²) in [6.45, 7) is 6.26. The number of aryl methyl sites for hydroxylation is 1. The smallest absolute Gasteiger partial charge is 0.126 e. The van der Waals surface area contributed by atoms with Gasteiger partial charge in [0.15, 0.2) is 0 Å². The van der Waals surface area contributed by atoms with Crippen molar-refractivity contribution >= 4 is 17.0 Å². The van der Waals surface area contributed by atoms with Crippen molar-refractivity contribution in [2.45, 2.75) is 32.4 Å². The third-order valence-corrected chi connectivity index (χ3v) is 6.45. The van der Waals surface area contributed by atoms with Gasteiger partial charge in [-0.25, -0.2) is 4.39 Å². The summed E-state index contributed by atoms with van der Waals surface area (Å²) in [6, 6.07) is 11.6. The molecule has 2 unspecified atom stereocenters. The number of piperidine rings is 1. The molecule has 0 radical (unpaired) electrons. The summed E-state index contributed by atoms with van der Waals surface area (Å²) in [5, 5.41) is 9.13. The van der Waals surface area contributed by atoms with Crippen molar-refractivity contribution in [1.82, 2.24) is 4.90 Å². The van der Waals surface area contributed by atoms with Crippen LogP contribution in [0.5, 0.6) is 0 Å². The zero-order chi connectivity index (χ0) is 17.4. The molecule has 3 nitrogen and oxygen atoms in total. The molecule has 2 aliphatic rings. The van der Waals surface area contributed by atoms with Crippen LogP contribution < -0.4 is 4.90 Å². The van der Waals surface area contributed by atoms with E-state index in [1.807, 2.05) is 17.4 Å². The minimum absolute atomic E-state index is 0.320. The fourth-order valence-corrected chi connectivity index (χ4v) is 5.20. The summed E-state index contributed by atoms with van der Waals surface area (Å²) in [4.78, 5) is 7.62. The number of halogens is 1. The first-order valence-corrected chi connectivity index (χ1v) is 9.69. The molecule has 130 valence electrons. The first-order chi connectivity index (χ1) is 12.1. The van der Waals surface area contributed by atoms with Gasteiger partial charge in [0.1, 0.15) is 5.82 Å². The Morgan fingerprint density at radius 1 is 1.24 bits per heavy atom. The third-order valence-electron chi connectivity index (χ3n) is 5.47. The number of likely N-dealkylation sites (tertiary alicyclic amines) is 1. The molecule has 5 heteroatoms. The van der Waals surface area contributed by atoms with E-state index in [9.17, 15) is 4.39 Å². The lowest BCUT2D eigenvalue weighted by Gasteiger charge is -2.39. The lowest BCUT2D eigenvalue weighted by Crippen LogP contribution is -2.47. The Morgan fingerprint density at radius 2 is 2.08 bits per heavy atom. The number of rotatable bonds is 3. The van der Waals surface area contributed by atoms with Crippen molar-refractivity contribution in [3.63, 3.8) is 0 Å². The van der Waals surface area contributed by atoms with E-state index in [1.165, 1.54) is 22.2 Å². The SMILES string of the molecule is Cc1ccc(CN2CCC3CCN(c4cc(F)cc(C#N)c4)C3C2)s1. The van der Waals surface area contributed by atoms with Gasteiger partial charge < -0.3 is 4.90 Å². The van der Waals surface area contributed by atoms with Gasteiger partial charge in [0.05, 0.1) is 11.6 Å². The second-order valence-corrected chi connectivity index (χ2v) is 8.53. The monoisotopic (exact) mass is 355 g/mol. The number of hydrogen-bond donors (Lipinski definition) is 0. The van der Waals surface area contributed by atoms with Gasteiger partial charge in [-0.2, -0.15) is 5.26 Å². The van der Waals surface area contributed by atoms with Gasteiger partial charge in [-0.15, -0.1) is 11.3 Å². The van der Waals surface area contributed by atoms with Crippen LogP contribution in [-0.4, -0.2) is 30.6 Å². The van der Waals surface area contributed by atoms with E-state index in [0.717, 1.165) is 38.3 Å². The largest absolute Gasteiger partial charge is 0.367 e. The number of thiophene rings is 1. The molecule has 2 saturated heterocycles. The molecule has 25 heavy (non-hydrogen) atoms. The second-order valence-electron chi connectivity index (χ2n) is 7.16. The molecular weight excluding hydrogens is 333 g/mol. The number of anilines is 1. The van der Waals surface area contributed by atoms with Crippen LogP contribution in [0.15, 0.2) is 30.3 Å². The topological polar surface area (TPSA) is 30.3 Å². The standard InChI is InChI=1S/C20H22FN3S/c1-14-2-3-19(25-14)12-23-6-4-16-5-7-24(20(16)13-23)18-9-15(11-22)8-17(21)10-18/h2-3,8-10,16,20H,4-7,12-13H2,1H3. The molecule has 1 aromatic carbocycles. The van der Waals surface area contributed by atoms with Gasteiger partial charge in [0, 0.05) is 41.1 Å². The highest BCUT2D eigenvalue weighted by Crippen LogP contribution is 2.36. The maximum atomic E-state index is 13.9. The van der Waals surface area contributed by atoms with Crippen molar-refractivity contribution in [2.24, 2.45) is 5.92 Å². The zero-order valence-electron chi connectivity index (χ0n) is 14.4. The van der Waals surface area contributed by atoms with Crippen LogP contribution in [0.3, 0.4) is 0 Å². The van der Waals surface area contributed by atoms with E-state index in [-0.39, 0.29) is 5.82 Å². The van der Waals surface area contributed by atoms with Gasteiger partial charge in [-0.1, -0.05) is 0 Å². The molecule has 2 aromatic rings. The van der Waals surface area contributed by atoms with Crippen molar-refractivity contribution in [3.8, 4) is 6.07 Å². The molecule has 0 amide bonds. The fourth-order valence-electron chi connectivity index (χ4n) is 4.27. The highest BCUT2D eigenvalue weighted by Gasteiger charge is 2.38. The van der Waals surface area contributed by atoms with Crippen molar-refractivity contribution in [3.05, 3.63) is 51.5 Å². The average molecular weight is 355 g/mol. The molecule has 2 fully saturated rings. The van der Waals surface area contributed by atoms with Gasteiger partial charge >= 0.3 is 0 Å². The Labute approximate surface area is 152 Å². The molecule has 0 N–H and O–H groups in total. The van der Waals surface area contributed by atoms with Crippen molar-refractivity contribution in [2.75, 3.05) is 24.5 Å². The molecular formula is C20H22FN3S. The van der Waals surface area contributed by atoms with Crippen LogP contribution in [0.25, 0.3) is 0 Å². The first kappa shape index (κ1) is 16.6. The van der Waals surface area contributed by atoms with E-state index in [0.29, 0.717) is 17.5 Å². The Hall–Kier alpha value is -1.90. The Balaban J connectivity index is 1.52. The van der Waals surface area contributed by atoms with Gasteiger partial charge in [0.2, 0.25) is 0 Å². The second kappa shape index (κ2) is 6.78. The minimum Gasteiger partial charge on any atom is -0.367 e. The minimum atomic E-state index is -0.320. The summed E-state index contributed by atoms with van der Waals surface area (Å²) in [5.74, 6) is 0.356. The summed E-state index contributed by atoms with van der Waals surface area (Å²) < 4.78 is 13.9.